The van der Waals surface area contributed by atoms with Crippen LogP contribution >= 0.6 is 0 Å². The van der Waals surface area contributed by atoms with Crippen LogP contribution in [0, 0.1) is 5.92 Å². The van der Waals surface area contributed by atoms with E-state index >= 15 is 0 Å². The minimum absolute atomic E-state index is 0.0723. The fraction of sp³-hybridized carbons (Fsp3) is 0.727. The fourth-order valence-corrected chi connectivity index (χ4v) is 1.88. The van der Waals surface area contributed by atoms with Crippen LogP contribution in [0.1, 0.15) is 27.2 Å². The average Bonchev–Trinajstić information content (AvgIpc) is 2.58. The normalized spacial score (nSPS) is 23.8. The summed E-state index contributed by atoms with van der Waals surface area (Å²) in [7, 11) is 0. The summed E-state index contributed by atoms with van der Waals surface area (Å²) in [6, 6.07) is -1.36. The molecule has 1 unspecified atom stereocenters. The van der Waals surface area contributed by atoms with Crippen LogP contribution in [0.25, 0.3) is 0 Å². The third-order valence-electron chi connectivity index (χ3n) is 2.60. The number of likely N-dealkylation sites (tertiary alicyclic amines) is 1. The second-order valence-electron chi connectivity index (χ2n) is 5.19. The van der Waals surface area contributed by atoms with Gasteiger partial charge in [-0.25, -0.2) is 9.59 Å². The zero-order valence-corrected chi connectivity index (χ0v) is 10.5. The molecular weight excluding hydrogens is 242 g/mol. The molecular formula is C11H17NO6. The van der Waals surface area contributed by atoms with Crippen molar-refractivity contribution in [2.75, 3.05) is 6.54 Å². The van der Waals surface area contributed by atoms with E-state index in [2.05, 4.69) is 0 Å². The molecule has 2 atom stereocenters. The maximum Gasteiger partial charge on any atom is 0.411 e. The smallest absolute Gasteiger partial charge is 0.411 e. The van der Waals surface area contributed by atoms with Crippen LogP contribution in [0.5, 0.6) is 0 Å². The minimum atomic E-state index is -1.36. The lowest BCUT2D eigenvalue weighted by atomic mass is 10.0. The highest BCUT2D eigenvalue weighted by molar-refractivity contribution is 5.87. The Morgan fingerprint density at radius 1 is 1.17 bits per heavy atom. The number of rotatable bonds is 2. The first-order chi connectivity index (χ1) is 8.13. The molecule has 1 aliphatic rings. The van der Waals surface area contributed by atoms with Crippen LogP contribution in [0.15, 0.2) is 0 Å². The molecule has 0 aromatic carbocycles. The van der Waals surface area contributed by atoms with Crippen molar-refractivity contribution in [2.45, 2.75) is 38.8 Å². The molecule has 0 spiro atoms. The number of aliphatic carboxylic acids is 2. The molecule has 7 heteroatoms. The van der Waals surface area contributed by atoms with Crippen LogP contribution in [-0.4, -0.2) is 51.3 Å². The predicted molar refractivity (Wildman–Crippen MR) is 60.1 cm³/mol. The molecule has 1 fully saturated rings. The summed E-state index contributed by atoms with van der Waals surface area (Å²) in [5.41, 5.74) is -0.749. The molecule has 2 N–H and O–H groups in total. The van der Waals surface area contributed by atoms with E-state index in [0.717, 1.165) is 4.90 Å². The van der Waals surface area contributed by atoms with Crippen molar-refractivity contribution in [1.82, 2.24) is 4.90 Å². The molecule has 0 saturated carbocycles. The summed E-state index contributed by atoms with van der Waals surface area (Å²) in [6.07, 6.45) is -0.676. The van der Waals surface area contributed by atoms with E-state index in [1.807, 2.05) is 0 Å². The Bertz CT molecular complexity index is 372. The first-order valence-electron chi connectivity index (χ1n) is 5.58. The van der Waals surface area contributed by atoms with Crippen molar-refractivity contribution in [1.29, 1.82) is 0 Å². The van der Waals surface area contributed by atoms with Gasteiger partial charge in [0.1, 0.15) is 11.6 Å². The molecule has 1 heterocycles. The number of hydrogen-bond donors (Lipinski definition) is 2. The number of amides is 1. The van der Waals surface area contributed by atoms with Crippen LogP contribution in [0.3, 0.4) is 0 Å². The number of carbonyl (C=O) groups excluding carboxylic acids is 1. The number of carbonyl (C=O) groups is 3. The van der Waals surface area contributed by atoms with E-state index in [1.54, 1.807) is 20.8 Å². The van der Waals surface area contributed by atoms with Crippen molar-refractivity contribution in [3.63, 3.8) is 0 Å². The number of ether oxygens (including phenoxy) is 1. The van der Waals surface area contributed by atoms with Gasteiger partial charge in [0, 0.05) is 6.54 Å². The highest BCUT2D eigenvalue weighted by Gasteiger charge is 2.47. The van der Waals surface area contributed by atoms with E-state index in [9.17, 15) is 14.4 Å². The third kappa shape index (κ3) is 3.12. The molecule has 0 aromatic heterocycles. The van der Waals surface area contributed by atoms with E-state index < -0.39 is 35.6 Å². The number of carboxylic acids is 2. The molecule has 102 valence electrons. The van der Waals surface area contributed by atoms with Crippen LogP contribution < -0.4 is 0 Å². The highest BCUT2D eigenvalue weighted by atomic mass is 16.6. The molecule has 0 aliphatic carbocycles. The minimum Gasteiger partial charge on any atom is -0.481 e. The van der Waals surface area contributed by atoms with E-state index in [0.29, 0.717) is 0 Å². The van der Waals surface area contributed by atoms with Gasteiger partial charge in [-0.3, -0.25) is 9.69 Å². The summed E-state index contributed by atoms with van der Waals surface area (Å²) in [5, 5.41) is 18.0. The lowest BCUT2D eigenvalue weighted by Crippen LogP contribution is -2.46. The van der Waals surface area contributed by atoms with Gasteiger partial charge >= 0.3 is 18.0 Å². The second-order valence-corrected chi connectivity index (χ2v) is 5.19. The zero-order valence-electron chi connectivity index (χ0n) is 10.5. The Hall–Kier alpha value is -1.79. The van der Waals surface area contributed by atoms with Gasteiger partial charge in [-0.2, -0.15) is 0 Å². The molecule has 7 nitrogen and oxygen atoms in total. The van der Waals surface area contributed by atoms with E-state index in [-0.39, 0.29) is 13.0 Å². The Kier molecular flexibility index (Phi) is 3.83. The summed E-state index contributed by atoms with van der Waals surface area (Å²) in [4.78, 5) is 34.8. The average molecular weight is 259 g/mol. The summed E-state index contributed by atoms with van der Waals surface area (Å²) < 4.78 is 5.06. The van der Waals surface area contributed by atoms with Crippen LogP contribution in [0.2, 0.25) is 0 Å². The van der Waals surface area contributed by atoms with Gasteiger partial charge in [0.05, 0.1) is 5.92 Å². The van der Waals surface area contributed by atoms with Crippen LogP contribution in [0.4, 0.5) is 4.79 Å². The quantitative estimate of drug-likeness (QED) is 0.759. The monoisotopic (exact) mass is 259 g/mol. The van der Waals surface area contributed by atoms with Gasteiger partial charge in [-0.1, -0.05) is 0 Å². The summed E-state index contributed by atoms with van der Waals surface area (Å²) in [5.74, 6) is -3.63. The van der Waals surface area contributed by atoms with Crippen molar-refractivity contribution in [3.05, 3.63) is 0 Å². The van der Waals surface area contributed by atoms with Gasteiger partial charge < -0.3 is 14.9 Å². The summed E-state index contributed by atoms with van der Waals surface area (Å²) in [6.45, 7) is 5.05. The Labute approximate surface area is 104 Å². The topological polar surface area (TPSA) is 104 Å². The van der Waals surface area contributed by atoms with Gasteiger partial charge in [0.2, 0.25) is 0 Å². The van der Waals surface area contributed by atoms with Crippen molar-refractivity contribution >= 4 is 18.0 Å². The van der Waals surface area contributed by atoms with Gasteiger partial charge in [0.25, 0.3) is 0 Å². The van der Waals surface area contributed by atoms with Crippen molar-refractivity contribution in [3.8, 4) is 0 Å². The molecule has 1 aliphatic heterocycles. The van der Waals surface area contributed by atoms with Gasteiger partial charge in [-0.05, 0) is 27.2 Å². The second kappa shape index (κ2) is 4.83. The molecule has 1 saturated heterocycles. The van der Waals surface area contributed by atoms with Crippen molar-refractivity contribution in [2.24, 2.45) is 5.92 Å². The molecule has 18 heavy (non-hydrogen) atoms. The van der Waals surface area contributed by atoms with Crippen molar-refractivity contribution < 1.29 is 29.3 Å². The number of hydrogen-bond acceptors (Lipinski definition) is 4. The lowest BCUT2D eigenvalue weighted by Gasteiger charge is -2.27. The first-order valence-corrected chi connectivity index (χ1v) is 5.58. The Morgan fingerprint density at radius 3 is 2.11 bits per heavy atom. The first kappa shape index (κ1) is 14.3. The lowest BCUT2D eigenvalue weighted by molar-refractivity contribution is -0.151. The molecule has 0 aromatic rings. The van der Waals surface area contributed by atoms with Gasteiger partial charge in [-0.15, -0.1) is 0 Å². The Morgan fingerprint density at radius 2 is 1.72 bits per heavy atom. The predicted octanol–water partition coefficient (Wildman–Crippen LogP) is 0.781. The summed E-state index contributed by atoms with van der Waals surface area (Å²) >= 11 is 0. The fourth-order valence-electron chi connectivity index (χ4n) is 1.88. The molecule has 1 amide bonds. The number of carboxylic acid groups (broad SMARTS) is 2. The maximum absolute atomic E-state index is 11.8. The largest absolute Gasteiger partial charge is 0.481 e. The van der Waals surface area contributed by atoms with Gasteiger partial charge in [0.15, 0.2) is 0 Å². The Balaban J connectivity index is 2.86. The highest BCUT2D eigenvalue weighted by Crippen LogP contribution is 2.26. The molecule has 0 radical (unpaired) electrons. The zero-order chi connectivity index (χ0) is 14.1. The standard InChI is InChI=1S/C11H17NO6/c1-11(2,3)18-10(17)12-5-4-6(8(13)14)7(12)9(15)16/h6-7H,4-5H2,1-3H3,(H,13,14)(H,15,16)/t6?,7-/m0/s1. The SMILES string of the molecule is CC(C)(C)OC(=O)N1CCC(C(=O)O)[C@H]1C(=O)O. The van der Waals surface area contributed by atoms with Crippen LogP contribution in [-0.2, 0) is 14.3 Å². The number of nitrogens with zero attached hydrogens (tertiary/aromatic N) is 1. The van der Waals surface area contributed by atoms with E-state index in [4.69, 9.17) is 14.9 Å². The third-order valence-corrected chi connectivity index (χ3v) is 2.60. The maximum atomic E-state index is 11.8. The molecule has 0 bridgehead atoms. The van der Waals surface area contributed by atoms with E-state index in [1.165, 1.54) is 0 Å². The molecule has 1 rings (SSSR count).